The van der Waals surface area contributed by atoms with E-state index in [1.165, 1.54) is 20.0 Å². The molecule has 1 aliphatic heterocycles. The van der Waals surface area contributed by atoms with E-state index in [0.29, 0.717) is 18.4 Å². The summed E-state index contributed by atoms with van der Waals surface area (Å²) in [6, 6.07) is 8.20. The van der Waals surface area contributed by atoms with Crippen LogP contribution in [0.5, 0.6) is 5.75 Å². The van der Waals surface area contributed by atoms with Gasteiger partial charge in [0, 0.05) is 61.6 Å². The number of carbonyl (C=O) groups is 3. The minimum absolute atomic E-state index is 0.0388. The molecular weight excluding hydrogens is 608 g/mol. The quantitative estimate of drug-likeness (QED) is 0.296. The number of hydrogen-bond donors (Lipinski definition) is 1. The fourth-order valence-electron chi connectivity index (χ4n) is 8.52. The van der Waals surface area contributed by atoms with Crippen LogP contribution in [0.25, 0.3) is 11.3 Å². The van der Waals surface area contributed by atoms with Gasteiger partial charge in [0.15, 0.2) is 0 Å². The zero-order chi connectivity index (χ0) is 33.7. The molecule has 12 nitrogen and oxygen atoms in total. The van der Waals surface area contributed by atoms with Crippen molar-refractivity contribution >= 4 is 17.9 Å². The number of aliphatic hydroxyl groups is 1. The first kappa shape index (κ1) is 32.4. The van der Waals surface area contributed by atoms with Crippen molar-refractivity contribution in [1.82, 2.24) is 9.97 Å². The second kappa shape index (κ2) is 11.9. The van der Waals surface area contributed by atoms with Crippen LogP contribution in [0, 0.1) is 22.7 Å². The Bertz CT molecular complexity index is 1750. The van der Waals surface area contributed by atoms with E-state index < -0.39 is 70.1 Å². The van der Waals surface area contributed by atoms with Crippen LogP contribution in [0.3, 0.4) is 0 Å². The number of aromatic nitrogens is 2. The third kappa shape index (κ3) is 5.48. The Morgan fingerprint density at radius 3 is 2.36 bits per heavy atom. The molecule has 47 heavy (non-hydrogen) atoms. The van der Waals surface area contributed by atoms with Crippen molar-refractivity contribution in [3.05, 3.63) is 76.7 Å². The summed E-state index contributed by atoms with van der Waals surface area (Å²) in [6.45, 7) is 8.21. The molecule has 12 heteroatoms. The molecule has 8 atom stereocenters. The second-order valence-electron chi connectivity index (χ2n) is 13.5. The Kier molecular flexibility index (Phi) is 8.19. The highest BCUT2D eigenvalue weighted by atomic mass is 16.6. The van der Waals surface area contributed by atoms with Gasteiger partial charge in [-0.1, -0.05) is 13.8 Å². The normalized spacial score (nSPS) is 32.4. The van der Waals surface area contributed by atoms with Gasteiger partial charge in [-0.25, -0.2) is 9.59 Å². The number of aliphatic hydroxyl groups excluding tert-OH is 1. The number of carbonyl (C=O) groups excluding carboxylic acids is 3. The zero-order valence-corrected chi connectivity index (χ0v) is 26.9. The van der Waals surface area contributed by atoms with Crippen LogP contribution in [0.2, 0.25) is 0 Å². The lowest BCUT2D eigenvalue weighted by molar-refractivity contribution is -0.266. The smallest absolute Gasteiger partial charge is 0.345 e. The lowest BCUT2D eigenvalue weighted by Gasteiger charge is -2.66. The lowest BCUT2D eigenvalue weighted by atomic mass is 9.42. The van der Waals surface area contributed by atoms with Crippen LogP contribution in [0.4, 0.5) is 0 Å². The summed E-state index contributed by atoms with van der Waals surface area (Å²) in [4.78, 5) is 59.7. The van der Waals surface area contributed by atoms with Crippen molar-refractivity contribution in [3.63, 3.8) is 0 Å². The van der Waals surface area contributed by atoms with Crippen molar-refractivity contribution in [2.24, 2.45) is 22.7 Å². The average molecular weight is 647 g/mol. The fourth-order valence-corrected chi connectivity index (χ4v) is 8.52. The molecule has 6 rings (SSSR count). The van der Waals surface area contributed by atoms with Crippen molar-refractivity contribution in [3.8, 4) is 17.1 Å². The summed E-state index contributed by atoms with van der Waals surface area (Å²) in [6.07, 6.45) is 4.15. The van der Waals surface area contributed by atoms with Crippen molar-refractivity contribution in [1.29, 1.82) is 0 Å². The van der Waals surface area contributed by atoms with Gasteiger partial charge in [0.25, 0.3) is 0 Å². The summed E-state index contributed by atoms with van der Waals surface area (Å²) in [5, 5.41) is 12.3. The third-order valence-electron chi connectivity index (χ3n) is 10.6. The Morgan fingerprint density at radius 1 is 1.00 bits per heavy atom. The van der Waals surface area contributed by atoms with E-state index in [1.54, 1.807) is 55.8 Å². The van der Waals surface area contributed by atoms with Crippen LogP contribution >= 0.6 is 0 Å². The molecule has 3 aromatic rings. The van der Waals surface area contributed by atoms with E-state index in [4.69, 9.17) is 23.4 Å². The predicted molar refractivity (Wildman–Crippen MR) is 165 cm³/mol. The first-order valence-electron chi connectivity index (χ1n) is 15.6. The molecule has 0 spiro atoms. The molecule has 248 valence electrons. The van der Waals surface area contributed by atoms with Crippen LogP contribution in [0.15, 0.2) is 64.3 Å². The van der Waals surface area contributed by atoms with E-state index in [-0.39, 0.29) is 35.7 Å². The summed E-state index contributed by atoms with van der Waals surface area (Å²) >= 11 is 0. The molecule has 2 saturated carbocycles. The van der Waals surface area contributed by atoms with E-state index in [1.807, 2.05) is 13.8 Å². The van der Waals surface area contributed by atoms with E-state index >= 15 is 0 Å². The standard InChI is InChI=1S/C35H38N2O10/c1-19(38)43-18-34(4)25-15-27(46-31(41)22-9-7-13-37-17-22)35(5)30(33(25,3)11-10-26(34)44-20(2)39)29(40)28-24(47-35)14-23(45-32(28)42)21-8-6-12-36-16-21/h6-9,12-14,16-17,25-27,29-30,40H,10-11,15,18H2,1-5H3/t25?,26-,27-,29?,30?,33-,34-,35+/m0/s1. The fraction of sp³-hybridized carbons (Fsp3) is 0.486. The van der Waals surface area contributed by atoms with Crippen molar-refractivity contribution < 1.29 is 42.9 Å². The number of rotatable bonds is 6. The predicted octanol–water partition coefficient (Wildman–Crippen LogP) is 4.44. The molecule has 0 radical (unpaired) electrons. The molecule has 0 amide bonds. The largest absolute Gasteiger partial charge is 0.482 e. The van der Waals surface area contributed by atoms with Gasteiger partial charge in [-0.2, -0.15) is 0 Å². The number of pyridine rings is 2. The molecular formula is C35H38N2O10. The maximum absolute atomic E-state index is 13.6. The highest BCUT2D eigenvalue weighted by Crippen LogP contribution is 2.67. The van der Waals surface area contributed by atoms with Crippen LogP contribution in [-0.2, 0) is 23.8 Å². The molecule has 3 aliphatic rings. The minimum atomic E-state index is -1.39. The second-order valence-corrected chi connectivity index (χ2v) is 13.5. The van der Waals surface area contributed by atoms with Gasteiger partial charge < -0.3 is 28.5 Å². The van der Waals surface area contributed by atoms with Gasteiger partial charge in [-0.15, -0.1) is 0 Å². The summed E-state index contributed by atoms with van der Waals surface area (Å²) in [7, 11) is 0. The first-order valence-corrected chi connectivity index (χ1v) is 15.6. The number of fused-ring (bicyclic) bond motifs is 4. The van der Waals surface area contributed by atoms with Gasteiger partial charge >= 0.3 is 23.5 Å². The molecule has 1 N–H and O–H groups in total. The van der Waals surface area contributed by atoms with Gasteiger partial charge in [0.1, 0.15) is 41.5 Å². The maximum atomic E-state index is 13.6. The van der Waals surface area contributed by atoms with Crippen LogP contribution in [-0.4, -0.2) is 57.4 Å². The van der Waals surface area contributed by atoms with Crippen molar-refractivity contribution in [2.45, 2.75) is 77.8 Å². The summed E-state index contributed by atoms with van der Waals surface area (Å²) in [5.41, 5.74) is -3.13. The monoisotopic (exact) mass is 646 g/mol. The topological polar surface area (TPSA) is 164 Å². The molecule has 4 heterocycles. The first-order chi connectivity index (χ1) is 22.3. The van der Waals surface area contributed by atoms with Crippen LogP contribution in [0.1, 0.15) is 75.9 Å². The minimum Gasteiger partial charge on any atom is -0.482 e. The highest BCUT2D eigenvalue weighted by molar-refractivity contribution is 5.89. The highest BCUT2D eigenvalue weighted by Gasteiger charge is 2.71. The molecule has 3 aromatic heterocycles. The van der Waals surface area contributed by atoms with Gasteiger partial charge in [0.05, 0.1) is 11.7 Å². The van der Waals surface area contributed by atoms with E-state index in [0.717, 1.165) is 0 Å². The number of hydrogen-bond acceptors (Lipinski definition) is 12. The summed E-state index contributed by atoms with van der Waals surface area (Å²) < 4.78 is 30.1. The maximum Gasteiger partial charge on any atom is 0.345 e. The Balaban J connectivity index is 1.51. The zero-order valence-electron chi connectivity index (χ0n) is 26.9. The van der Waals surface area contributed by atoms with Gasteiger partial charge in [0.2, 0.25) is 0 Å². The van der Waals surface area contributed by atoms with Crippen molar-refractivity contribution in [2.75, 3.05) is 6.61 Å². The van der Waals surface area contributed by atoms with Gasteiger partial charge in [-0.05, 0) is 61.8 Å². The number of ether oxygens (including phenoxy) is 4. The van der Waals surface area contributed by atoms with E-state index in [9.17, 15) is 24.3 Å². The Labute approximate surface area is 271 Å². The number of esters is 3. The Hall–Kier alpha value is -4.58. The molecule has 0 saturated heterocycles. The molecule has 3 unspecified atom stereocenters. The lowest BCUT2D eigenvalue weighted by Crippen LogP contribution is -2.71. The van der Waals surface area contributed by atoms with E-state index in [2.05, 4.69) is 9.97 Å². The molecule has 2 aliphatic carbocycles. The number of nitrogens with zero attached hydrogens (tertiary/aromatic N) is 2. The molecule has 0 bridgehead atoms. The van der Waals surface area contributed by atoms with Crippen LogP contribution < -0.4 is 10.4 Å². The molecule has 2 fully saturated rings. The SMILES string of the molecule is CC(=O)OC[C@@]1(C)C2C[C@H](OC(=O)c3cccnc3)[C@@]3(C)Oc4cc(-c5cccnc5)oc(=O)c4C(O)C3[C@@]2(C)CC[C@@H]1OC(C)=O. The average Bonchev–Trinajstić information content (AvgIpc) is 3.03. The summed E-state index contributed by atoms with van der Waals surface area (Å²) in [5.74, 6) is -2.56. The van der Waals surface area contributed by atoms with Gasteiger partial charge in [-0.3, -0.25) is 19.6 Å². The Morgan fingerprint density at radius 2 is 1.72 bits per heavy atom. The molecule has 0 aromatic carbocycles. The third-order valence-corrected chi connectivity index (χ3v) is 10.6.